The second-order valence-electron chi connectivity index (χ2n) is 4.47. The summed E-state index contributed by atoms with van der Waals surface area (Å²) >= 11 is 1.21. The molecule has 3 rings (SSSR count). The van der Waals surface area contributed by atoms with Crippen LogP contribution in [0.4, 0.5) is 10.9 Å². The van der Waals surface area contributed by atoms with E-state index in [0.717, 1.165) is 25.7 Å². The van der Waals surface area contributed by atoms with Crippen LogP contribution in [-0.4, -0.2) is 24.9 Å². The zero-order valence-electron chi connectivity index (χ0n) is 10.0. The lowest BCUT2D eigenvalue weighted by Gasteiger charge is -2.07. The van der Waals surface area contributed by atoms with Gasteiger partial charge in [-0.25, -0.2) is 0 Å². The lowest BCUT2D eigenvalue weighted by Crippen LogP contribution is -2.08. The van der Waals surface area contributed by atoms with Gasteiger partial charge in [-0.05, 0) is 17.8 Å². The third-order valence-electron chi connectivity index (χ3n) is 3.24. The first-order chi connectivity index (χ1) is 9.15. The predicted molar refractivity (Wildman–Crippen MR) is 69.7 cm³/mol. The Morgan fingerprint density at radius 3 is 2.74 bits per heavy atom. The van der Waals surface area contributed by atoms with Crippen LogP contribution in [0.25, 0.3) is 10.7 Å². The number of nitrogen functional groups attached to an aromatic ring is 1. The number of hydrogen-bond acceptors (Lipinski definition) is 7. The van der Waals surface area contributed by atoms with E-state index in [1.165, 1.54) is 17.4 Å². The standard InChI is InChI=1S/C10H12N6O2S/c11-10-13-12-9(19-10)7-5-8(16(17)18)14-15(7)6-3-1-2-4-6/h5-6H,1-4H2,(H2,11,13). The smallest absolute Gasteiger partial charge is 0.374 e. The van der Waals surface area contributed by atoms with E-state index in [4.69, 9.17) is 5.73 Å². The van der Waals surface area contributed by atoms with Gasteiger partial charge in [-0.2, -0.15) is 4.68 Å². The van der Waals surface area contributed by atoms with E-state index in [1.807, 2.05) is 0 Å². The van der Waals surface area contributed by atoms with Gasteiger partial charge in [0, 0.05) is 0 Å². The highest BCUT2D eigenvalue weighted by Gasteiger charge is 2.29. The molecule has 1 aliphatic carbocycles. The molecule has 2 N–H and O–H groups in total. The molecule has 8 nitrogen and oxygen atoms in total. The fraction of sp³-hybridized carbons (Fsp3) is 0.500. The fourth-order valence-corrected chi connectivity index (χ4v) is 3.01. The molecule has 0 amide bonds. The van der Waals surface area contributed by atoms with Crippen molar-refractivity contribution < 1.29 is 4.92 Å². The molecule has 0 aromatic carbocycles. The van der Waals surface area contributed by atoms with Crippen molar-refractivity contribution in [3.05, 3.63) is 16.2 Å². The molecule has 0 atom stereocenters. The fourth-order valence-electron chi connectivity index (χ4n) is 2.40. The number of anilines is 1. The average Bonchev–Trinajstić information content (AvgIpc) is 3.07. The Kier molecular flexibility index (Phi) is 2.90. The van der Waals surface area contributed by atoms with Crippen LogP contribution in [0.3, 0.4) is 0 Å². The third kappa shape index (κ3) is 2.16. The van der Waals surface area contributed by atoms with Crippen LogP contribution in [0.2, 0.25) is 0 Å². The molecule has 2 aromatic rings. The molecule has 1 aliphatic rings. The molecule has 0 aliphatic heterocycles. The Balaban J connectivity index is 2.07. The second-order valence-corrected chi connectivity index (χ2v) is 5.48. The first-order valence-corrected chi connectivity index (χ1v) is 6.80. The zero-order valence-corrected chi connectivity index (χ0v) is 10.8. The minimum absolute atomic E-state index is 0.157. The van der Waals surface area contributed by atoms with Crippen molar-refractivity contribution >= 4 is 22.3 Å². The number of nitro groups is 1. The van der Waals surface area contributed by atoms with Crippen molar-refractivity contribution in [3.8, 4) is 10.7 Å². The first-order valence-electron chi connectivity index (χ1n) is 5.98. The van der Waals surface area contributed by atoms with E-state index in [0.29, 0.717) is 15.8 Å². The monoisotopic (exact) mass is 280 g/mol. The van der Waals surface area contributed by atoms with Crippen LogP contribution >= 0.6 is 11.3 Å². The van der Waals surface area contributed by atoms with Gasteiger partial charge in [0.1, 0.15) is 5.69 Å². The van der Waals surface area contributed by atoms with E-state index in [-0.39, 0.29) is 11.9 Å². The average molecular weight is 280 g/mol. The van der Waals surface area contributed by atoms with Gasteiger partial charge in [0.25, 0.3) is 0 Å². The summed E-state index contributed by atoms with van der Waals surface area (Å²) in [6.07, 6.45) is 4.21. The normalized spacial score (nSPS) is 16.0. The Hall–Kier alpha value is -2.03. The highest BCUT2D eigenvalue weighted by molar-refractivity contribution is 7.18. The van der Waals surface area contributed by atoms with Gasteiger partial charge in [-0.15, -0.1) is 10.2 Å². The summed E-state index contributed by atoms with van der Waals surface area (Å²) in [5.41, 5.74) is 6.20. The molecule has 19 heavy (non-hydrogen) atoms. The van der Waals surface area contributed by atoms with E-state index in [1.54, 1.807) is 4.68 Å². The molecule has 2 heterocycles. The van der Waals surface area contributed by atoms with Crippen molar-refractivity contribution in [1.29, 1.82) is 0 Å². The van der Waals surface area contributed by atoms with Crippen LogP contribution in [0.1, 0.15) is 31.7 Å². The number of nitrogens with two attached hydrogens (primary N) is 1. The molecule has 0 saturated heterocycles. The molecule has 0 bridgehead atoms. The summed E-state index contributed by atoms with van der Waals surface area (Å²) in [6.45, 7) is 0. The summed E-state index contributed by atoms with van der Waals surface area (Å²) in [6, 6.07) is 1.65. The van der Waals surface area contributed by atoms with Crippen molar-refractivity contribution in [2.45, 2.75) is 31.7 Å². The minimum Gasteiger partial charge on any atom is -0.374 e. The van der Waals surface area contributed by atoms with Crippen LogP contribution in [0.5, 0.6) is 0 Å². The van der Waals surface area contributed by atoms with Crippen molar-refractivity contribution in [2.75, 3.05) is 5.73 Å². The number of aromatic nitrogens is 4. The van der Waals surface area contributed by atoms with Crippen LogP contribution in [0, 0.1) is 10.1 Å². The van der Waals surface area contributed by atoms with Crippen molar-refractivity contribution in [1.82, 2.24) is 20.0 Å². The van der Waals surface area contributed by atoms with Crippen molar-refractivity contribution in [3.63, 3.8) is 0 Å². The molecule has 0 radical (unpaired) electrons. The third-order valence-corrected chi connectivity index (χ3v) is 4.02. The summed E-state index contributed by atoms with van der Waals surface area (Å²) in [5, 5.41) is 23.6. The minimum atomic E-state index is -0.487. The Morgan fingerprint density at radius 1 is 1.42 bits per heavy atom. The molecule has 2 aromatic heterocycles. The Bertz CT molecular complexity index is 615. The SMILES string of the molecule is Nc1nnc(-c2cc([N+](=O)[O-])nn2C2CCCC2)s1. The quantitative estimate of drug-likeness (QED) is 0.679. The van der Waals surface area contributed by atoms with Gasteiger partial charge in [0.15, 0.2) is 5.01 Å². The Morgan fingerprint density at radius 2 is 2.16 bits per heavy atom. The Labute approximate surface area is 112 Å². The zero-order chi connectivity index (χ0) is 13.4. The van der Waals surface area contributed by atoms with E-state index < -0.39 is 4.92 Å². The lowest BCUT2D eigenvalue weighted by molar-refractivity contribution is -0.389. The molecule has 100 valence electrons. The highest BCUT2D eigenvalue weighted by Crippen LogP contribution is 2.36. The van der Waals surface area contributed by atoms with Crippen molar-refractivity contribution in [2.24, 2.45) is 0 Å². The lowest BCUT2D eigenvalue weighted by atomic mass is 10.2. The summed E-state index contributed by atoms with van der Waals surface area (Å²) in [5.74, 6) is -0.157. The van der Waals surface area contributed by atoms with Gasteiger partial charge < -0.3 is 15.8 Å². The summed E-state index contributed by atoms with van der Waals surface area (Å²) in [4.78, 5) is 10.4. The molecule has 9 heteroatoms. The number of hydrogen-bond donors (Lipinski definition) is 1. The van der Waals surface area contributed by atoms with Gasteiger partial charge in [0.05, 0.1) is 17.2 Å². The molecule has 1 fully saturated rings. The largest absolute Gasteiger partial charge is 0.390 e. The molecule has 0 spiro atoms. The summed E-state index contributed by atoms with van der Waals surface area (Å²) < 4.78 is 1.71. The maximum atomic E-state index is 10.9. The highest BCUT2D eigenvalue weighted by atomic mass is 32.1. The van der Waals surface area contributed by atoms with Crippen LogP contribution < -0.4 is 5.73 Å². The predicted octanol–water partition coefficient (Wildman–Crippen LogP) is 2.01. The van der Waals surface area contributed by atoms with E-state index in [2.05, 4.69) is 15.3 Å². The molecule has 0 unspecified atom stereocenters. The molecule has 1 saturated carbocycles. The van der Waals surface area contributed by atoms with Crippen LogP contribution in [-0.2, 0) is 0 Å². The van der Waals surface area contributed by atoms with Gasteiger partial charge in [0.2, 0.25) is 5.13 Å². The molecular formula is C10H12N6O2S. The maximum absolute atomic E-state index is 10.9. The van der Waals surface area contributed by atoms with Gasteiger partial charge in [-0.1, -0.05) is 24.2 Å². The topological polar surface area (TPSA) is 113 Å². The number of nitrogens with zero attached hydrogens (tertiary/aromatic N) is 5. The summed E-state index contributed by atoms with van der Waals surface area (Å²) in [7, 11) is 0. The van der Waals surface area contributed by atoms with Gasteiger partial charge in [-0.3, -0.25) is 0 Å². The molecular weight excluding hydrogens is 268 g/mol. The van der Waals surface area contributed by atoms with E-state index >= 15 is 0 Å². The van der Waals surface area contributed by atoms with Gasteiger partial charge >= 0.3 is 5.82 Å². The maximum Gasteiger partial charge on any atom is 0.390 e. The van der Waals surface area contributed by atoms with E-state index in [9.17, 15) is 10.1 Å². The second kappa shape index (κ2) is 4.57. The first kappa shape index (κ1) is 12.0. The number of rotatable bonds is 3. The van der Waals surface area contributed by atoms with Crippen LogP contribution in [0.15, 0.2) is 6.07 Å².